The molecule has 2 fully saturated rings. The number of benzene rings is 1. The summed E-state index contributed by atoms with van der Waals surface area (Å²) in [4.78, 5) is 31.1. The summed E-state index contributed by atoms with van der Waals surface area (Å²) in [6.07, 6.45) is 0.821. The highest BCUT2D eigenvalue weighted by molar-refractivity contribution is 5.85. The lowest BCUT2D eigenvalue weighted by atomic mass is 9.83. The van der Waals surface area contributed by atoms with Gasteiger partial charge in [-0.3, -0.25) is 9.59 Å². The molecule has 136 valence electrons. The minimum absolute atomic E-state index is 0.0342. The fourth-order valence-electron chi connectivity index (χ4n) is 3.96. The molecule has 1 aromatic rings. The molecule has 2 aliphatic rings. The van der Waals surface area contributed by atoms with Gasteiger partial charge in [-0.25, -0.2) is 4.39 Å². The SMILES string of the molecule is CCN1CCN(C(=O)[C@@H]2CCC(=O)N(C)[C@@H]2c2ccccc2F)CC1. The molecule has 2 amide bonds. The Morgan fingerprint density at radius 2 is 1.88 bits per heavy atom. The lowest BCUT2D eigenvalue weighted by Crippen LogP contribution is -2.53. The molecular formula is C19H26FN3O2. The highest BCUT2D eigenvalue weighted by atomic mass is 19.1. The maximum absolute atomic E-state index is 14.4. The fraction of sp³-hybridized carbons (Fsp3) is 0.579. The molecule has 2 saturated heterocycles. The van der Waals surface area contributed by atoms with Crippen molar-refractivity contribution < 1.29 is 14.0 Å². The van der Waals surface area contributed by atoms with Gasteiger partial charge in [0, 0.05) is 45.2 Å². The first-order valence-corrected chi connectivity index (χ1v) is 9.04. The van der Waals surface area contributed by atoms with Gasteiger partial charge in [-0.1, -0.05) is 25.1 Å². The molecule has 0 spiro atoms. The van der Waals surface area contributed by atoms with E-state index in [2.05, 4.69) is 11.8 Å². The van der Waals surface area contributed by atoms with Crippen molar-refractivity contribution in [1.29, 1.82) is 0 Å². The van der Waals surface area contributed by atoms with Crippen LogP contribution < -0.4 is 0 Å². The molecule has 2 atom stereocenters. The normalized spacial score (nSPS) is 25.3. The van der Waals surface area contributed by atoms with Crippen LogP contribution in [0, 0.1) is 11.7 Å². The molecule has 2 heterocycles. The quantitative estimate of drug-likeness (QED) is 0.839. The van der Waals surface area contributed by atoms with E-state index in [1.54, 1.807) is 30.1 Å². The number of carbonyl (C=O) groups is 2. The van der Waals surface area contributed by atoms with E-state index in [0.29, 0.717) is 31.5 Å². The van der Waals surface area contributed by atoms with Gasteiger partial charge in [-0.15, -0.1) is 0 Å². The van der Waals surface area contributed by atoms with Gasteiger partial charge in [0.2, 0.25) is 11.8 Å². The summed E-state index contributed by atoms with van der Waals surface area (Å²) in [7, 11) is 1.67. The third-order valence-corrected chi connectivity index (χ3v) is 5.53. The first kappa shape index (κ1) is 17.9. The second-order valence-corrected chi connectivity index (χ2v) is 6.88. The van der Waals surface area contributed by atoms with Crippen molar-refractivity contribution in [2.45, 2.75) is 25.8 Å². The first-order valence-electron chi connectivity index (χ1n) is 9.04. The molecular weight excluding hydrogens is 321 g/mol. The van der Waals surface area contributed by atoms with Crippen LogP contribution >= 0.6 is 0 Å². The molecule has 0 N–H and O–H groups in total. The van der Waals surface area contributed by atoms with Gasteiger partial charge in [0.1, 0.15) is 5.82 Å². The number of amides is 2. The molecule has 0 aliphatic carbocycles. The number of likely N-dealkylation sites (N-methyl/N-ethyl adjacent to an activating group) is 1. The Hall–Kier alpha value is -1.95. The lowest BCUT2D eigenvalue weighted by Gasteiger charge is -2.42. The summed E-state index contributed by atoms with van der Waals surface area (Å²) in [5.74, 6) is -0.730. The lowest BCUT2D eigenvalue weighted by molar-refractivity contribution is -0.147. The van der Waals surface area contributed by atoms with Crippen molar-refractivity contribution in [3.63, 3.8) is 0 Å². The smallest absolute Gasteiger partial charge is 0.228 e. The minimum Gasteiger partial charge on any atom is -0.340 e. The molecule has 2 aliphatic heterocycles. The van der Waals surface area contributed by atoms with E-state index in [0.717, 1.165) is 19.6 Å². The molecule has 3 rings (SSSR count). The Kier molecular flexibility index (Phi) is 5.37. The zero-order chi connectivity index (χ0) is 18.0. The van der Waals surface area contributed by atoms with Crippen LogP contribution in [0.3, 0.4) is 0 Å². The average Bonchev–Trinajstić information content (AvgIpc) is 2.64. The van der Waals surface area contributed by atoms with Gasteiger partial charge >= 0.3 is 0 Å². The second-order valence-electron chi connectivity index (χ2n) is 6.88. The molecule has 0 unspecified atom stereocenters. The highest BCUT2D eigenvalue weighted by Gasteiger charge is 2.41. The molecule has 6 heteroatoms. The molecule has 25 heavy (non-hydrogen) atoms. The maximum atomic E-state index is 14.4. The summed E-state index contributed by atoms with van der Waals surface area (Å²) in [6.45, 7) is 6.24. The third kappa shape index (κ3) is 3.54. The van der Waals surface area contributed by atoms with E-state index >= 15 is 0 Å². The van der Waals surface area contributed by atoms with Gasteiger partial charge < -0.3 is 14.7 Å². The van der Waals surface area contributed by atoms with Crippen LogP contribution in [0.25, 0.3) is 0 Å². The van der Waals surface area contributed by atoms with Crippen LogP contribution in [0.15, 0.2) is 24.3 Å². The van der Waals surface area contributed by atoms with E-state index < -0.39 is 6.04 Å². The minimum atomic E-state index is -0.529. The number of carbonyl (C=O) groups excluding carboxylic acids is 2. The number of likely N-dealkylation sites (tertiary alicyclic amines) is 1. The first-order chi connectivity index (χ1) is 12.0. The van der Waals surface area contributed by atoms with Crippen molar-refractivity contribution in [3.05, 3.63) is 35.6 Å². The second kappa shape index (κ2) is 7.52. The summed E-state index contributed by atoms with van der Waals surface area (Å²) >= 11 is 0. The number of hydrogen-bond donors (Lipinski definition) is 0. The van der Waals surface area contributed by atoms with Crippen LogP contribution in [0.4, 0.5) is 4.39 Å². The maximum Gasteiger partial charge on any atom is 0.228 e. The summed E-state index contributed by atoms with van der Waals surface area (Å²) < 4.78 is 14.4. The van der Waals surface area contributed by atoms with Gasteiger partial charge in [0.15, 0.2) is 0 Å². The van der Waals surface area contributed by atoms with Crippen LogP contribution in [0.2, 0.25) is 0 Å². The summed E-state index contributed by atoms with van der Waals surface area (Å²) in [5, 5.41) is 0. The molecule has 1 aromatic carbocycles. The van der Waals surface area contributed by atoms with E-state index in [9.17, 15) is 14.0 Å². The van der Waals surface area contributed by atoms with Crippen LogP contribution in [0.5, 0.6) is 0 Å². The van der Waals surface area contributed by atoms with Crippen molar-refractivity contribution in [2.75, 3.05) is 39.8 Å². The predicted molar refractivity (Wildman–Crippen MR) is 93.3 cm³/mol. The van der Waals surface area contributed by atoms with Gasteiger partial charge in [0.25, 0.3) is 0 Å². The number of nitrogens with zero attached hydrogens (tertiary/aromatic N) is 3. The predicted octanol–water partition coefficient (Wildman–Crippen LogP) is 1.90. The molecule has 0 radical (unpaired) electrons. The van der Waals surface area contributed by atoms with Crippen molar-refractivity contribution >= 4 is 11.8 Å². The number of piperidine rings is 1. The van der Waals surface area contributed by atoms with Crippen molar-refractivity contribution in [2.24, 2.45) is 5.92 Å². The Bertz CT molecular complexity index is 643. The summed E-state index contributed by atoms with van der Waals surface area (Å²) in [6, 6.07) is 5.94. The fourth-order valence-corrected chi connectivity index (χ4v) is 3.96. The van der Waals surface area contributed by atoms with E-state index in [1.807, 2.05) is 4.90 Å². The van der Waals surface area contributed by atoms with Crippen molar-refractivity contribution in [1.82, 2.24) is 14.7 Å². The van der Waals surface area contributed by atoms with E-state index in [1.165, 1.54) is 6.07 Å². The average molecular weight is 347 g/mol. The highest BCUT2D eigenvalue weighted by Crippen LogP contribution is 2.38. The van der Waals surface area contributed by atoms with Crippen LogP contribution in [-0.2, 0) is 9.59 Å². The number of hydrogen-bond acceptors (Lipinski definition) is 3. The molecule has 0 bridgehead atoms. The van der Waals surface area contributed by atoms with Gasteiger partial charge in [0.05, 0.1) is 12.0 Å². The number of piperazine rings is 1. The topological polar surface area (TPSA) is 43.9 Å². The van der Waals surface area contributed by atoms with Gasteiger partial charge in [-0.2, -0.15) is 0 Å². The Labute approximate surface area is 148 Å². The zero-order valence-corrected chi connectivity index (χ0v) is 14.9. The van der Waals surface area contributed by atoms with E-state index in [-0.39, 0.29) is 23.5 Å². The standard InChI is InChI=1S/C19H26FN3O2/c1-3-22-10-12-23(13-11-22)19(25)15-8-9-17(24)21(2)18(15)14-6-4-5-7-16(14)20/h4-7,15,18H,3,8-13H2,1-2H3/t15-,18-/m1/s1. The van der Waals surface area contributed by atoms with Crippen LogP contribution in [-0.4, -0.2) is 66.3 Å². The Morgan fingerprint density at radius 1 is 1.20 bits per heavy atom. The van der Waals surface area contributed by atoms with Crippen LogP contribution in [0.1, 0.15) is 31.4 Å². The number of rotatable bonds is 3. The zero-order valence-electron chi connectivity index (χ0n) is 14.9. The molecule has 5 nitrogen and oxygen atoms in total. The monoisotopic (exact) mass is 347 g/mol. The molecule has 0 aromatic heterocycles. The third-order valence-electron chi connectivity index (χ3n) is 5.53. The largest absolute Gasteiger partial charge is 0.340 e. The number of halogens is 1. The van der Waals surface area contributed by atoms with E-state index in [4.69, 9.17) is 0 Å². The van der Waals surface area contributed by atoms with Gasteiger partial charge in [-0.05, 0) is 19.0 Å². The Balaban J connectivity index is 1.84. The molecule has 0 saturated carbocycles. The summed E-state index contributed by atoms with van der Waals surface area (Å²) in [5.41, 5.74) is 0.434. The Morgan fingerprint density at radius 3 is 2.52 bits per heavy atom. The van der Waals surface area contributed by atoms with Crippen molar-refractivity contribution in [3.8, 4) is 0 Å².